The average Bonchev–Trinajstić information content (AvgIpc) is 2.28. The van der Waals surface area contributed by atoms with Gasteiger partial charge in [0.15, 0.2) is 0 Å². The Balaban J connectivity index is 2.73. The number of carbonyl (C=O) groups is 1. The molecule has 0 fully saturated rings. The number of aromatic nitrogens is 1. The van der Waals surface area contributed by atoms with E-state index < -0.39 is 12.1 Å². The lowest BCUT2D eigenvalue weighted by Crippen LogP contribution is -2.11. The highest BCUT2D eigenvalue weighted by Crippen LogP contribution is 2.18. The fourth-order valence-corrected chi connectivity index (χ4v) is 1.27. The summed E-state index contributed by atoms with van der Waals surface area (Å²) in [7, 11) is 1.28. The Morgan fingerprint density at radius 1 is 1.47 bits per heavy atom. The molecular formula is C12H17NO4. The predicted octanol–water partition coefficient (Wildman–Crippen LogP) is 1.47. The normalized spacial score (nSPS) is 12.3. The number of nitrogens with zero attached hydrogens (tertiary/aromatic N) is 1. The maximum atomic E-state index is 11.0. The lowest BCUT2D eigenvalue weighted by atomic mass is 10.2. The van der Waals surface area contributed by atoms with Gasteiger partial charge in [0.25, 0.3) is 0 Å². The molecule has 0 saturated heterocycles. The number of aliphatic hydroxyl groups is 1. The van der Waals surface area contributed by atoms with Crippen LogP contribution in [0.2, 0.25) is 0 Å². The van der Waals surface area contributed by atoms with Crippen molar-refractivity contribution < 1.29 is 19.4 Å². The van der Waals surface area contributed by atoms with Crippen molar-refractivity contribution in [1.82, 2.24) is 4.98 Å². The van der Waals surface area contributed by atoms with Crippen molar-refractivity contribution in [2.24, 2.45) is 0 Å². The molecule has 0 radical (unpaired) electrons. The first-order valence-corrected chi connectivity index (χ1v) is 5.41. The van der Waals surface area contributed by atoms with Crippen LogP contribution in [0.15, 0.2) is 18.2 Å². The monoisotopic (exact) mass is 239 g/mol. The molecule has 5 heteroatoms. The van der Waals surface area contributed by atoms with Crippen LogP contribution < -0.4 is 4.74 Å². The third-order valence-electron chi connectivity index (χ3n) is 2.03. The topological polar surface area (TPSA) is 68.7 Å². The molecule has 0 aromatic carbocycles. The fraction of sp³-hybridized carbons (Fsp3) is 0.500. The van der Waals surface area contributed by atoms with Crippen molar-refractivity contribution >= 4 is 5.97 Å². The molecule has 0 spiro atoms. The van der Waals surface area contributed by atoms with E-state index >= 15 is 0 Å². The highest BCUT2D eigenvalue weighted by molar-refractivity contribution is 5.69. The van der Waals surface area contributed by atoms with Gasteiger partial charge < -0.3 is 14.6 Å². The van der Waals surface area contributed by atoms with Gasteiger partial charge in [-0.05, 0) is 19.9 Å². The van der Waals surface area contributed by atoms with Crippen LogP contribution in [0, 0.1) is 0 Å². The van der Waals surface area contributed by atoms with Gasteiger partial charge in [0.2, 0.25) is 5.88 Å². The summed E-state index contributed by atoms with van der Waals surface area (Å²) in [5, 5.41) is 9.76. The second kappa shape index (κ2) is 6.20. The van der Waals surface area contributed by atoms with Crippen molar-refractivity contribution in [1.29, 1.82) is 0 Å². The van der Waals surface area contributed by atoms with Crippen molar-refractivity contribution in [3.8, 4) is 5.88 Å². The predicted molar refractivity (Wildman–Crippen MR) is 61.6 cm³/mol. The summed E-state index contributed by atoms with van der Waals surface area (Å²) in [4.78, 5) is 15.1. The van der Waals surface area contributed by atoms with Crippen molar-refractivity contribution in [2.45, 2.75) is 32.5 Å². The quantitative estimate of drug-likeness (QED) is 0.788. The van der Waals surface area contributed by atoms with Gasteiger partial charge in [-0.2, -0.15) is 0 Å². The SMILES string of the molecule is COC(=O)C[C@H](O)c1cccc(OC(C)C)n1. The van der Waals surface area contributed by atoms with E-state index in [-0.39, 0.29) is 12.5 Å². The molecule has 1 rings (SSSR count). The standard InChI is InChI=1S/C12H17NO4/c1-8(2)17-11-6-4-5-9(13-11)10(14)7-12(15)16-3/h4-6,8,10,14H,7H2,1-3H3/t10-/m0/s1. The second-order valence-electron chi connectivity index (χ2n) is 3.86. The van der Waals surface area contributed by atoms with Crippen LogP contribution in [0.25, 0.3) is 0 Å². The molecule has 0 unspecified atom stereocenters. The molecule has 17 heavy (non-hydrogen) atoms. The van der Waals surface area contributed by atoms with Crippen molar-refractivity contribution in [3.05, 3.63) is 23.9 Å². The van der Waals surface area contributed by atoms with Crippen molar-refractivity contribution in [3.63, 3.8) is 0 Å². The number of hydrogen-bond acceptors (Lipinski definition) is 5. The number of esters is 1. The minimum atomic E-state index is -0.974. The summed E-state index contributed by atoms with van der Waals surface area (Å²) < 4.78 is 9.88. The van der Waals surface area contributed by atoms with Gasteiger partial charge in [0.1, 0.15) is 6.10 Å². The van der Waals surface area contributed by atoms with E-state index in [1.54, 1.807) is 18.2 Å². The third kappa shape index (κ3) is 4.40. The lowest BCUT2D eigenvalue weighted by molar-refractivity contribution is -0.142. The molecule has 1 heterocycles. The Bertz CT molecular complexity index is 379. The number of ether oxygens (including phenoxy) is 2. The first-order valence-electron chi connectivity index (χ1n) is 5.41. The smallest absolute Gasteiger partial charge is 0.308 e. The van der Waals surface area contributed by atoms with Gasteiger partial charge in [-0.1, -0.05) is 6.07 Å². The molecule has 0 bridgehead atoms. The van der Waals surface area contributed by atoms with Crippen LogP contribution in [-0.2, 0) is 9.53 Å². The van der Waals surface area contributed by atoms with E-state index in [9.17, 15) is 9.90 Å². The number of rotatable bonds is 5. The zero-order valence-corrected chi connectivity index (χ0v) is 10.2. The highest BCUT2D eigenvalue weighted by Gasteiger charge is 2.15. The molecule has 0 amide bonds. The van der Waals surface area contributed by atoms with Gasteiger partial charge in [-0.15, -0.1) is 0 Å². The Hall–Kier alpha value is -1.62. The molecule has 0 aliphatic rings. The number of carbonyl (C=O) groups excluding carboxylic acids is 1. The summed E-state index contributed by atoms with van der Waals surface area (Å²) in [5.41, 5.74) is 0.397. The summed E-state index contributed by atoms with van der Waals surface area (Å²) in [6.07, 6.45) is -1.08. The Morgan fingerprint density at radius 3 is 2.76 bits per heavy atom. The number of aliphatic hydroxyl groups excluding tert-OH is 1. The summed E-state index contributed by atoms with van der Waals surface area (Å²) in [6.45, 7) is 3.78. The van der Waals surface area contributed by atoms with E-state index in [0.29, 0.717) is 11.6 Å². The van der Waals surface area contributed by atoms with E-state index in [1.165, 1.54) is 7.11 Å². The van der Waals surface area contributed by atoms with E-state index in [4.69, 9.17) is 4.74 Å². The minimum absolute atomic E-state index is 0.00972. The molecule has 0 aliphatic carbocycles. The first kappa shape index (κ1) is 13.4. The Kier molecular flexibility index (Phi) is 4.90. The highest BCUT2D eigenvalue weighted by atomic mass is 16.5. The van der Waals surface area contributed by atoms with E-state index in [0.717, 1.165) is 0 Å². The molecule has 1 atom stereocenters. The van der Waals surface area contributed by atoms with Crippen LogP contribution in [0.3, 0.4) is 0 Å². The maximum Gasteiger partial charge on any atom is 0.308 e. The minimum Gasteiger partial charge on any atom is -0.475 e. The largest absolute Gasteiger partial charge is 0.475 e. The number of methoxy groups -OCH3 is 1. The van der Waals surface area contributed by atoms with Crippen LogP contribution >= 0.6 is 0 Å². The van der Waals surface area contributed by atoms with Crippen LogP contribution in [0.4, 0.5) is 0 Å². The van der Waals surface area contributed by atoms with Crippen LogP contribution in [0.1, 0.15) is 32.1 Å². The molecule has 1 aromatic heterocycles. The fourth-order valence-electron chi connectivity index (χ4n) is 1.27. The van der Waals surface area contributed by atoms with E-state index in [2.05, 4.69) is 9.72 Å². The molecular weight excluding hydrogens is 222 g/mol. The Labute approximate surface area is 100 Å². The van der Waals surface area contributed by atoms with E-state index in [1.807, 2.05) is 13.8 Å². The zero-order chi connectivity index (χ0) is 12.8. The van der Waals surface area contributed by atoms with Gasteiger partial charge in [-0.3, -0.25) is 4.79 Å². The van der Waals surface area contributed by atoms with Gasteiger partial charge in [0, 0.05) is 6.07 Å². The zero-order valence-electron chi connectivity index (χ0n) is 10.2. The number of hydrogen-bond donors (Lipinski definition) is 1. The maximum absolute atomic E-state index is 11.0. The lowest BCUT2D eigenvalue weighted by Gasteiger charge is -2.12. The van der Waals surface area contributed by atoms with Crippen LogP contribution in [0.5, 0.6) is 5.88 Å². The summed E-state index contributed by atoms with van der Waals surface area (Å²) >= 11 is 0. The average molecular weight is 239 g/mol. The molecule has 5 nitrogen and oxygen atoms in total. The van der Waals surface area contributed by atoms with Gasteiger partial charge in [-0.25, -0.2) is 4.98 Å². The summed E-state index contributed by atoms with van der Waals surface area (Å²) in [6, 6.07) is 5.07. The first-order chi connectivity index (χ1) is 8.02. The Morgan fingerprint density at radius 2 is 2.18 bits per heavy atom. The molecule has 0 saturated carbocycles. The van der Waals surface area contributed by atoms with Crippen LogP contribution in [-0.4, -0.2) is 29.3 Å². The van der Waals surface area contributed by atoms with Gasteiger partial charge >= 0.3 is 5.97 Å². The molecule has 1 N–H and O–H groups in total. The summed E-state index contributed by atoms with van der Waals surface area (Å²) in [5.74, 6) is -0.0455. The number of pyridine rings is 1. The molecule has 94 valence electrons. The second-order valence-corrected chi connectivity index (χ2v) is 3.86. The van der Waals surface area contributed by atoms with Gasteiger partial charge in [0.05, 0.1) is 25.3 Å². The third-order valence-corrected chi connectivity index (χ3v) is 2.03. The molecule has 1 aromatic rings. The van der Waals surface area contributed by atoms with Crippen molar-refractivity contribution in [2.75, 3.05) is 7.11 Å². The molecule has 0 aliphatic heterocycles.